The molecule has 1 heterocycles. The summed E-state index contributed by atoms with van der Waals surface area (Å²) in [6.07, 6.45) is 1.67. The summed E-state index contributed by atoms with van der Waals surface area (Å²) in [6.45, 7) is 2.22. The molecule has 0 radical (unpaired) electrons. The summed E-state index contributed by atoms with van der Waals surface area (Å²) in [4.78, 5) is 0. The highest BCUT2D eigenvalue weighted by atomic mass is 32.2. The van der Waals surface area contributed by atoms with Crippen LogP contribution in [0.25, 0.3) is 0 Å². The molecule has 0 saturated carbocycles. The van der Waals surface area contributed by atoms with Gasteiger partial charge in [0.05, 0.1) is 18.6 Å². The molecule has 0 aromatic carbocycles. The standard InChI is InChI=1S/C8H12O2S/c1-7(5-9)11-6-8-3-2-4-10-8/h2-4,7,9H,5-6H2,1H3. The lowest BCUT2D eigenvalue weighted by atomic mass is 10.5. The fourth-order valence-corrected chi connectivity index (χ4v) is 1.39. The molecule has 0 saturated heterocycles. The first-order valence-corrected chi connectivity index (χ1v) is 4.62. The van der Waals surface area contributed by atoms with E-state index in [1.807, 2.05) is 19.1 Å². The van der Waals surface area contributed by atoms with Gasteiger partial charge in [0.1, 0.15) is 5.76 Å². The SMILES string of the molecule is CC(CO)SCc1ccco1. The van der Waals surface area contributed by atoms with Gasteiger partial charge in [-0.15, -0.1) is 11.8 Å². The second-order valence-electron chi connectivity index (χ2n) is 2.38. The van der Waals surface area contributed by atoms with Crippen LogP contribution in [-0.4, -0.2) is 17.0 Å². The summed E-state index contributed by atoms with van der Waals surface area (Å²) in [5, 5.41) is 9.00. The van der Waals surface area contributed by atoms with Gasteiger partial charge in [-0.25, -0.2) is 0 Å². The summed E-state index contributed by atoms with van der Waals surface area (Å²) in [5.41, 5.74) is 0. The van der Waals surface area contributed by atoms with Crippen molar-refractivity contribution in [2.75, 3.05) is 6.61 Å². The van der Waals surface area contributed by atoms with Crippen molar-refractivity contribution >= 4 is 11.8 Å². The molecule has 3 heteroatoms. The van der Waals surface area contributed by atoms with E-state index in [-0.39, 0.29) is 6.61 Å². The van der Waals surface area contributed by atoms with Crippen molar-refractivity contribution in [3.8, 4) is 0 Å². The summed E-state index contributed by atoms with van der Waals surface area (Å²) >= 11 is 1.69. The second kappa shape index (κ2) is 4.46. The fraction of sp³-hybridized carbons (Fsp3) is 0.500. The zero-order valence-electron chi connectivity index (χ0n) is 6.49. The predicted octanol–water partition coefficient (Wildman–Crippen LogP) is 1.89. The minimum atomic E-state index is 0.228. The topological polar surface area (TPSA) is 33.4 Å². The van der Waals surface area contributed by atoms with Crippen LogP contribution >= 0.6 is 11.8 Å². The van der Waals surface area contributed by atoms with Crippen molar-refractivity contribution in [1.29, 1.82) is 0 Å². The Kier molecular flexibility index (Phi) is 3.52. The summed E-state index contributed by atoms with van der Waals surface area (Å²) in [7, 11) is 0. The third-order valence-electron chi connectivity index (χ3n) is 1.35. The Morgan fingerprint density at radius 1 is 1.73 bits per heavy atom. The number of furan rings is 1. The third-order valence-corrected chi connectivity index (χ3v) is 2.52. The second-order valence-corrected chi connectivity index (χ2v) is 3.81. The zero-order chi connectivity index (χ0) is 8.10. The lowest BCUT2D eigenvalue weighted by Crippen LogP contribution is -2.01. The van der Waals surface area contributed by atoms with E-state index in [4.69, 9.17) is 9.52 Å². The maximum Gasteiger partial charge on any atom is 0.113 e. The summed E-state index contributed by atoms with van der Waals surface area (Å²) in [5.74, 6) is 1.81. The maximum absolute atomic E-state index is 8.71. The molecule has 62 valence electrons. The highest BCUT2D eigenvalue weighted by molar-refractivity contribution is 7.99. The lowest BCUT2D eigenvalue weighted by Gasteiger charge is -2.04. The molecule has 0 aliphatic heterocycles. The monoisotopic (exact) mass is 172 g/mol. The zero-order valence-corrected chi connectivity index (χ0v) is 7.30. The Morgan fingerprint density at radius 2 is 2.55 bits per heavy atom. The molecule has 1 atom stereocenters. The van der Waals surface area contributed by atoms with Crippen LogP contribution in [0, 0.1) is 0 Å². The van der Waals surface area contributed by atoms with E-state index in [1.54, 1.807) is 18.0 Å². The van der Waals surface area contributed by atoms with Crippen LogP contribution in [-0.2, 0) is 5.75 Å². The van der Waals surface area contributed by atoms with Gasteiger partial charge in [0, 0.05) is 5.25 Å². The normalized spacial score (nSPS) is 13.3. The number of thioether (sulfide) groups is 1. The van der Waals surface area contributed by atoms with E-state index in [9.17, 15) is 0 Å². The van der Waals surface area contributed by atoms with Crippen molar-refractivity contribution in [1.82, 2.24) is 0 Å². The first-order valence-electron chi connectivity index (χ1n) is 3.57. The number of hydrogen-bond acceptors (Lipinski definition) is 3. The van der Waals surface area contributed by atoms with Crippen LogP contribution in [0.1, 0.15) is 12.7 Å². The largest absolute Gasteiger partial charge is 0.468 e. The Labute approximate surface area is 70.6 Å². The highest BCUT2D eigenvalue weighted by Crippen LogP contribution is 2.16. The van der Waals surface area contributed by atoms with Crippen molar-refractivity contribution in [2.24, 2.45) is 0 Å². The van der Waals surface area contributed by atoms with E-state index in [2.05, 4.69) is 0 Å². The molecule has 1 unspecified atom stereocenters. The number of rotatable bonds is 4. The minimum absolute atomic E-state index is 0.228. The van der Waals surface area contributed by atoms with E-state index < -0.39 is 0 Å². The molecule has 1 N–H and O–H groups in total. The van der Waals surface area contributed by atoms with Crippen molar-refractivity contribution in [3.05, 3.63) is 24.2 Å². The highest BCUT2D eigenvalue weighted by Gasteiger charge is 2.01. The fourth-order valence-electron chi connectivity index (χ4n) is 0.672. The molecule has 0 fully saturated rings. The molecule has 2 nitrogen and oxygen atoms in total. The smallest absolute Gasteiger partial charge is 0.113 e. The third kappa shape index (κ3) is 2.99. The van der Waals surface area contributed by atoms with Gasteiger partial charge in [-0.1, -0.05) is 6.92 Å². The number of hydrogen-bond donors (Lipinski definition) is 1. The first-order chi connectivity index (χ1) is 5.33. The van der Waals surface area contributed by atoms with E-state index in [1.165, 1.54) is 0 Å². The molecule has 0 aliphatic carbocycles. The van der Waals surface area contributed by atoms with Crippen LogP contribution in [0.2, 0.25) is 0 Å². The number of aliphatic hydroxyl groups is 1. The molecule has 0 amide bonds. The van der Waals surface area contributed by atoms with E-state index in [0.29, 0.717) is 5.25 Å². The van der Waals surface area contributed by atoms with Crippen LogP contribution in [0.5, 0.6) is 0 Å². The quantitative estimate of drug-likeness (QED) is 0.753. The van der Waals surface area contributed by atoms with Crippen LogP contribution in [0.3, 0.4) is 0 Å². The van der Waals surface area contributed by atoms with Gasteiger partial charge in [0.15, 0.2) is 0 Å². The van der Waals surface area contributed by atoms with Crippen molar-refractivity contribution in [2.45, 2.75) is 17.9 Å². The van der Waals surface area contributed by atoms with E-state index >= 15 is 0 Å². The van der Waals surface area contributed by atoms with Gasteiger partial charge >= 0.3 is 0 Å². The molecular weight excluding hydrogens is 160 g/mol. The molecule has 1 aromatic heterocycles. The molecule has 1 rings (SSSR count). The van der Waals surface area contributed by atoms with Crippen LogP contribution < -0.4 is 0 Å². The first kappa shape index (κ1) is 8.68. The molecular formula is C8H12O2S. The maximum atomic E-state index is 8.71. The predicted molar refractivity (Wildman–Crippen MR) is 46.6 cm³/mol. The minimum Gasteiger partial charge on any atom is -0.468 e. The van der Waals surface area contributed by atoms with Gasteiger partial charge in [0.2, 0.25) is 0 Å². The van der Waals surface area contributed by atoms with Crippen LogP contribution in [0.4, 0.5) is 0 Å². The summed E-state index contributed by atoms with van der Waals surface area (Å²) in [6, 6.07) is 3.82. The van der Waals surface area contributed by atoms with Gasteiger partial charge < -0.3 is 9.52 Å². The molecule has 0 aliphatic rings. The Bertz CT molecular complexity index is 184. The average molecular weight is 172 g/mol. The van der Waals surface area contributed by atoms with Gasteiger partial charge in [-0.05, 0) is 12.1 Å². The molecule has 11 heavy (non-hydrogen) atoms. The Hall–Kier alpha value is -0.410. The molecule has 1 aromatic rings. The van der Waals surface area contributed by atoms with E-state index in [0.717, 1.165) is 11.5 Å². The van der Waals surface area contributed by atoms with Crippen molar-refractivity contribution in [3.63, 3.8) is 0 Å². The van der Waals surface area contributed by atoms with Gasteiger partial charge in [-0.2, -0.15) is 0 Å². The average Bonchev–Trinajstić information content (AvgIpc) is 2.52. The van der Waals surface area contributed by atoms with Gasteiger partial charge in [0.25, 0.3) is 0 Å². The molecule has 0 bridgehead atoms. The Balaban J connectivity index is 2.23. The van der Waals surface area contributed by atoms with Crippen LogP contribution in [0.15, 0.2) is 22.8 Å². The Morgan fingerprint density at radius 3 is 3.09 bits per heavy atom. The molecule has 0 spiro atoms. The lowest BCUT2D eigenvalue weighted by molar-refractivity contribution is 0.300. The van der Waals surface area contributed by atoms with Gasteiger partial charge in [-0.3, -0.25) is 0 Å². The number of aliphatic hydroxyl groups excluding tert-OH is 1. The summed E-state index contributed by atoms with van der Waals surface area (Å²) < 4.78 is 5.13. The van der Waals surface area contributed by atoms with Crippen molar-refractivity contribution < 1.29 is 9.52 Å².